The average Bonchev–Trinajstić information content (AvgIpc) is 3.29. The standard InChI is InChI=1S/C18H24N4O4/c23-17-9-13(11-22(17)14-2-7-25-8-3-14)18(24)21-6-1-15(12-21)26-16-10-19-4-5-20-16/h4-5,10,13-15H,1-3,6-9,11-12H2/t13-,15-/m0/s1. The Bertz CT molecular complexity index is 650. The molecule has 8 nitrogen and oxygen atoms in total. The molecule has 8 heteroatoms. The molecular weight excluding hydrogens is 336 g/mol. The summed E-state index contributed by atoms with van der Waals surface area (Å²) in [6.07, 6.45) is 7.51. The van der Waals surface area contributed by atoms with Crippen molar-refractivity contribution >= 4 is 11.8 Å². The van der Waals surface area contributed by atoms with E-state index in [4.69, 9.17) is 9.47 Å². The highest BCUT2D eigenvalue weighted by Crippen LogP contribution is 2.27. The van der Waals surface area contributed by atoms with E-state index in [9.17, 15) is 9.59 Å². The number of likely N-dealkylation sites (tertiary alicyclic amines) is 2. The van der Waals surface area contributed by atoms with E-state index in [2.05, 4.69) is 9.97 Å². The molecule has 0 aliphatic carbocycles. The first kappa shape index (κ1) is 17.2. The second-order valence-corrected chi connectivity index (χ2v) is 7.15. The van der Waals surface area contributed by atoms with E-state index >= 15 is 0 Å². The van der Waals surface area contributed by atoms with Crippen LogP contribution in [-0.2, 0) is 14.3 Å². The molecule has 0 radical (unpaired) electrons. The molecule has 26 heavy (non-hydrogen) atoms. The third kappa shape index (κ3) is 3.65. The van der Waals surface area contributed by atoms with Crippen LogP contribution < -0.4 is 4.74 Å². The third-order valence-corrected chi connectivity index (χ3v) is 5.42. The van der Waals surface area contributed by atoms with Crippen molar-refractivity contribution in [3.05, 3.63) is 18.6 Å². The van der Waals surface area contributed by atoms with Gasteiger partial charge in [0.15, 0.2) is 0 Å². The van der Waals surface area contributed by atoms with Crippen LogP contribution in [0.2, 0.25) is 0 Å². The molecule has 3 saturated heterocycles. The molecule has 1 aromatic heterocycles. The number of nitrogens with zero attached hydrogens (tertiary/aromatic N) is 4. The maximum Gasteiger partial charge on any atom is 0.232 e. The molecule has 3 aliphatic heterocycles. The highest BCUT2D eigenvalue weighted by molar-refractivity contribution is 5.89. The van der Waals surface area contributed by atoms with Gasteiger partial charge in [0.2, 0.25) is 17.7 Å². The molecule has 2 atom stereocenters. The van der Waals surface area contributed by atoms with Crippen LogP contribution in [0.5, 0.6) is 5.88 Å². The number of hydrogen-bond donors (Lipinski definition) is 0. The molecule has 4 rings (SSSR count). The van der Waals surface area contributed by atoms with Gasteiger partial charge < -0.3 is 19.3 Å². The smallest absolute Gasteiger partial charge is 0.232 e. The number of ether oxygens (including phenoxy) is 2. The number of hydrogen-bond acceptors (Lipinski definition) is 6. The second-order valence-electron chi connectivity index (χ2n) is 7.15. The van der Waals surface area contributed by atoms with E-state index in [1.165, 1.54) is 0 Å². The molecule has 3 fully saturated rings. The lowest BCUT2D eigenvalue weighted by molar-refractivity contribution is -0.135. The average molecular weight is 360 g/mol. The quantitative estimate of drug-likeness (QED) is 0.777. The lowest BCUT2D eigenvalue weighted by atomic mass is 10.1. The minimum absolute atomic E-state index is 0.0677. The van der Waals surface area contributed by atoms with Crippen molar-refractivity contribution in [3.8, 4) is 5.88 Å². The summed E-state index contributed by atoms with van der Waals surface area (Å²) >= 11 is 0. The van der Waals surface area contributed by atoms with Crippen LogP contribution in [0.1, 0.15) is 25.7 Å². The molecule has 0 unspecified atom stereocenters. The van der Waals surface area contributed by atoms with Gasteiger partial charge in [0, 0.05) is 57.6 Å². The summed E-state index contributed by atoms with van der Waals surface area (Å²) in [5.74, 6) is 0.411. The first-order valence-electron chi connectivity index (χ1n) is 9.29. The Hall–Kier alpha value is -2.22. The Balaban J connectivity index is 1.31. The highest BCUT2D eigenvalue weighted by atomic mass is 16.5. The molecule has 0 saturated carbocycles. The molecule has 3 aliphatic rings. The van der Waals surface area contributed by atoms with Gasteiger partial charge in [0.1, 0.15) is 6.10 Å². The monoisotopic (exact) mass is 360 g/mol. The van der Waals surface area contributed by atoms with E-state index in [1.807, 2.05) is 9.80 Å². The number of rotatable bonds is 4. The van der Waals surface area contributed by atoms with E-state index in [1.54, 1.807) is 18.6 Å². The molecule has 4 heterocycles. The summed E-state index contributed by atoms with van der Waals surface area (Å²) in [7, 11) is 0. The van der Waals surface area contributed by atoms with Crippen LogP contribution in [0.25, 0.3) is 0 Å². The van der Waals surface area contributed by atoms with Gasteiger partial charge in [-0.2, -0.15) is 0 Å². The summed E-state index contributed by atoms with van der Waals surface area (Å²) in [5, 5.41) is 0. The number of carbonyl (C=O) groups excluding carboxylic acids is 2. The van der Waals surface area contributed by atoms with E-state index < -0.39 is 0 Å². The molecule has 0 aromatic carbocycles. The van der Waals surface area contributed by atoms with Crippen molar-refractivity contribution in [2.45, 2.75) is 37.8 Å². The Morgan fingerprint density at radius 2 is 2.04 bits per heavy atom. The fourth-order valence-corrected chi connectivity index (χ4v) is 4.05. The van der Waals surface area contributed by atoms with E-state index in [0.717, 1.165) is 19.3 Å². The summed E-state index contributed by atoms with van der Waals surface area (Å²) in [6.45, 7) is 3.12. The van der Waals surface area contributed by atoms with Crippen LogP contribution in [0.15, 0.2) is 18.6 Å². The van der Waals surface area contributed by atoms with Crippen molar-refractivity contribution < 1.29 is 19.1 Å². The second kappa shape index (κ2) is 7.57. The number of amides is 2. The van der Waals surface area contributed by atoms with Gasteiger partial charge in [0.25, 0.3) is 0 Å². The molecule has 1 aromatic rings. The first-order valence-corrected chi connectivity index (χ1v) is 9.29. The Morgan fingerprint density at radius 1 is 1.19 bits per heavy atom. The molecule has 0 spiro atoms. The predicted octanol–water partition coefficient (Wildman–Crippen LogP) is 0.484. The van der Waals surface area contributed by atoms with Crippen LogP contribution in [0.3, 0.4) is 0 Å². The SMILES string of the molecule is O=C([C@H]1CC(=O)N(C2CCOCC2)C1)N1CC[C@H](Oc2cnccn2)C1. The highest BCUT2D eigenvalue weighted by Gasteiger charge is 2.41. The Kier molecular flexibility index (Phi) is 5.01. The lowest BCUT2D eigenvalue weighted by Crippen LogP contribution is -2.42. The zero-order valence-corrected chi connectivity index (χ0v) is 14.7. The fraction of sp³-hybridized carbons (Fsp3) is 0.667. The van der Waals surface area contributed by atoms with Gasteiger partial charge in [-0.15, -0.1) is 0 Å². The molecule has 2 amide bonds. The van der Waals surface area contributed by atoms with Crippen molar-refractivity contribution in [1.29, 1.82) is 0 Å². The van der Waals surface area contributed by atoms with Gasteiger partial charge in [-0.25, -0.2) is 4.98 Å². The molecular formula is C18H24N4O4. The van der Waals surface area contributed by atoms with Crippen molar-refractivity contribution in [2.24, 2.45) is 5.92 Å². The number of carbonyl (C=O) groups is 2. The largest absolute Gasteiger partial charge is 0.471 e. The summed E-state index contributed by atoms with van der Waals surface area (Å²) in [5.41, 5.74) is 0. The first-order chi connectivity index (χ1) is 12.7. The summed E-state index contributed by atoms with van der Waals surface area (Å²) in [6, 6.07) is 0.223. The van der Waals surface area contributed by atoms with Crippen molar-refractivity contribution in [1.82, 2.24) is 19.8 Å². The maximum atomic E-state index is 12.9. The van der Waals surface area contributed by atoms with Gasteiger partial charge in [0.05, 0.1) is 18.7 Å². The number of aromatic nitrogens is 2. The van der Waals surface area contributed by atoms with Crippen LogP contribution >= 0.6 is 0 Å². The zero-order chi connectivity index (χ0) is 17.9. The van der Waals surface area contributed by atoms with Crippen LogP contribution in [-0.4, -0.2) is 76.6 Å². The van der Waals surface area contributed by atoms with Gasteiger partial charge >= 0.3 is 0 Å². The fourth-order valence-electron chi connectivity index (χ4n) is 4.05. The van der Waals surface area contributed by atoms with Crippen LogP contribution in [0.4, 0.5) is 0 Å². The molecule has 140 valence electrons. The predicted molar refractivity (Wildman–Crippen MR) is 91.3 cm³/mol. The topological polar surface area (TPSA) is 84.9 Å². The van der Waals surface area contributed by atoms with Crippen molar-refractivity contribution in [2.75, 3.05) is 32.8 Å². The molecule has 0 N–H and O–H groups in total. The minimum atomic E-state index is -0.236. The van der Waals surface area contributed by atoms with E-state index in [0.29, 0.717) is 45.1 Å². The van der Waals surface area contributed by atoms with Crippen LogP contribution in [0, 0.1) is 5.92 Å². The van der Waals surface area contributed by atoms with Crippen molar-refractivity contribution in [3.63, 3.8) is 0 Å². The zero-order valence-electron chi connectivity index (χ0n) is 14.7. The lowest BCUT2D eigenvalue weighted by Gasteiger charge is -2.31. The Morgan fingerprint density at radius 3 is 2.81 bits per heavy atom. The third-order valence-electron chi connectivity index (χ3n) is 5.42. The summed E-state index contributed by atoms with van der Waals surface area (Å²) in [4.78, 5) is 37.1. The summed E-state index contributed by atoms with van der Waals surface area (Å²) < 4.78 is 11.2. The van der Waals surface area contributed by atoms with Gasteiger partial charge in [-0.05, 0) is 12.8 Å². The Labute approximate surface area is 152 Å². The normalized spacial score (nSPS) is 27.2. The maximum absolute atomic E-state index is 12.9. The molecule has 0 bridgehead atoms. The minimum Gasteiger partial charge on any atom is -0.471 e. The van der Waals surface area contributed by atoms with Gasteiger partial charge in [-0.3, -0.25) is 14.6 Å². The van der Waals surface area contributed by atoms with Gasteiger partial charge in [-0.1, -0.05) is 0 Å². The van der Waals surface area contributed by atoms with E-state index in [-0.39, 0.29) is 29.9 Å².